The smallest absolute Gasteiger partial charge is 0.331 e. The second-order valence-electron chi connectivity index (χ2n) is 3.27. The van der Waals surface area contributed by atoms with E-state index >= 15 is 0 Å². The van der Waals surface area contributed by atoms with E-state index < -0.39 is 11.8 Å². The molecule has 0 aliphatic heterocycles. The molecule has 0 heterocycles. The summed E-state index contributed by atoms with van der Waals surface area (Å²) in [6.07, 6.45) is 1.89. The van der Waals surface area contributed by atoms with Gasteiger partial charge in [-0.1, -0.05) is 18.5 Å². The molecular weight excluding hydrogens is 247 g/mol. The number of carboxylic acids is 1. The molecule has 0 radical (unpaired) electrons. The van der Waals surface area contributed by atoms with Gasteiger partial charge >= 0.3 is 5.97 Å². The quantitative estimate of drug-likeness (QED) is 0.825. The Kier molecular flexibility index (Phi) is 4.97. The monoisotopic (exact) mass is 258 g/mol. The molecule has 0 aliphatic carbocycles. The third kappa shape index (κ3) is 4.07. The van der Waals surface area contributed by atoms with Crippen LogP contribution in [0.1, 0.15) is 13.3 Å². The zero-order chi connectivity index (χ0) is 12.8. The Morgan fingerprint density at radius 3 is 2.82 bits per heavy atom. The minimum absolute atomic E-state index is 0.0274. The molecule has 92 valence electrons. The van der Waals surface area contributed by atoms with Crippen LogP contribution in [0.2, 0.25) is 5.02 Å². The molecule has 1 aromatic rings. The average Bonchev–Trinajstić information content (AvgIpc) is 2.28. The van der Waals surface area contributed by atoms with E-state index in [2.05, 4.69) is 0 Å². The van der Waals surface area contributed by atoms with Gasteiger partial charge in [0.15, 0.2) is 0 Å². The van der Waals surface area contributed by atoms with Crippen molar-refractivity contribution in [1.29, 1.82) is 0 Å². The molecule has 0 spiro atoms. The summed E-state index contributed by atoms with van der Waals surface area (Å²) in [4.78, 5) is 10.7. The van der Waals surface area contributed by atoms with Crippen molar-refractivity contribution in [1.82, 2.24) is 0 Å². The van der Waals surface area contributed by atoms with Crippen molar-refractivity contribution < 1.29 is 19.0 Å². The zero-order valence-electron chi connectivity index (χ0n) is 9.24. The van der Waals surface area contributed by atoms with Crippen LogP contribution in [0, 0.1) is 5.82 Å². The third-order valence-electron chi connectivity index (χ3n) is 2.13. The fraction of sp³-hybridized carbons (Fsp3) is 0.250. The van der Waals surface area contributed by atoms with E-state index in [4.69, 9.17) is 21.4 Å². The van der Waals surface area contributed by atoms with Gasteiger partial charge in [0.05, 0.1) is 5.02 Å². The normalized spacial score (nSPS) is 11.4. The van der Waals surface area contributed by atoms with Gasteiger partial charge in [-0.05, 0) is 24.6 Å². The van der Waals surface area contributed by atoms with Gasteiger partial charge in [-0.2, -0.15) is 0 Å². The highest BCUT2D eigenvalue weighted by Gasteiger charge is 2.04. The number of aliphatic carboxylic acids is 1. The Morgan fingerprint density at radius 1 is 1.59 bits per heavy atom. The molecule has 0 atom stereocenters. The zero-order valence-corrected chi connectivity index (χ0v) is 10.00. The maximum atomic E-state index is 12.8. The van der Waals surface area contributed by atoms with Gasteiger partial charge in [-0.25, -0.2) is 9.18 Å². The van der Waals surface area contributed by atoms with Gasteiger partial charge in [-0.15, -0.1) is 0 Å². The van der Waals surface area contributed by atoms with E-state index in [1.807, 2.05) is 0 Å². The lowest BCUT2D eigenvalue weighted by molar-refractivity contribution is -0.132. The SMILES string of the molecule is CCC(=CCOc1ccc(F)c(Cl)c1)C(=O)O. The standard InChI is InChI=1S/C12H12ClFO3/c1-2-8(12(15)16)5-6-17-9-3-4-11(14)10(13)7-9/h3-5,7H,2,6H2,1H3,(H,15,16). The maximum Gasteiger partial charge on any atom is 0.331 e. The lowest BCUT2D eigenvalue weighted by Gasteiger charge is -2.04. The molecule has 0 saturated heterocycles. The number of ether oxygens (including phenoxy) is 1. The first kappa shape index (κ1) is 13.5. The summed E-state index contributed by atoms with van der Waals surface area (Å²) in [5.74, 6) is -1.09. The van der Waals surface area contributed by atoms with Crippen molar-refractivity contribution in [3.8, 4) is 5.75 Å². The molecule has 0 saturated carbocycles. The summed E-state index contributed by atoms with van der Waals surface area (Å²) in [6.45, 7) is 1.85. The van der Waals surface area contributed by atoms with Crippen LogP contribution in [-0.2, 0) is 4.79 Å². The van der Waals surface area contributed by atoms with Crippen molar-refractivity contribution in [2.75, 3.05) is 6.61 Å². The fourth-order valence-corrected chi connectivity index (χ4v) is 1.36. The first-order valence-electron chi connectivity index (χ1n) is 5.04. The number of benzene rings is 1. The Bertz CT molecular complexity index is 443. The van der Waals surface area contributed by atoms with E-state index in [1.165, 1.54) is 24.3 Å². The van der Waals surface area contributed by atoms with Crippen molar-refractivity contribution in [3.63, 3.8) is 0 Å². The van der Waals surface area contributed by atoms with Crippen LogP contribution in [0.3, 0.4) is 0 Å². The number of hydrogen-bond acceptors (Lipinski definition) is 2. The van der Waals surface area contributed by atoms with Crippen molar-refractivity contribution in [2.24, 2.45) is 0 Å². The predicted molar refractivity (Wildman–Crippen MR) is 62.9 cm³/mol. The molecule has 0 aromatic heterocycles. The lowest BCUT2D eigenvalue weighted by atomic mass is 10.2. The molecule has 0 unspecified atom stereocenters. The van der Waals surface area contributed by atoms with E-state index in [-0.39, 0.29) is 17.2 Å². The number of carboxylic acid groups (broad SMARTS) is 1. The van der Waals surface area contributed by atoms with Gasteiger partial charge in [0.25, 0.3) is 0 Å². The van der Waals surface area contributed by atoms with Crippen LogP contribution in [0.4, 0.5) is 4.39 Å². The van der Waals surface area contributed by atoms with Crippen molar-refractivity contribution in [2.45, 2.75) is 13.3 Å². The molecule has 1 N–H and O–H groups in total. The molecule has 0 aliphatic rings. The third-order valence-corrected chi connectivity index (χ3v) is 2.42. The van der Waals surface area contributed by atoms with Crippen LogP contribution in [0.25, 0.3) is 0 Å². The van der Waals surface area contributed by atoms with Gasteiger partial charge in [-0.3, -0.25) is 0 Å². The van der Waals surface area contributed by atoms with Crippen LogP contribution in [-0.4, -0.2) is 17.7 Å². The predicted octanol–water partition coefficient (Wildman–Crippen LogP) is 3.28. The van der Waals surface area contributed by atoms with E-state index in [0.29, 0.717) is 12.2 Å². The van der Waals surface area contributed by atoms with E-state index in [9.17, 15) is 9.18 Å². The molecule has 0 amide bonds. The van der Waals surface area contributed by atoms with Gasteiger partial charge in [0.2, 0.25) is 0 Å². The first-order valence-corrected chi connectivity index (χ1v) is 5.42. The molecule has 0 fully saturated rings. The van der Waals surface area contributed by atoms with Crippen molar-refractivity contribution in [3.05, 3.63) is 40.7 Å². The fourth-order valence-electron chi connectivity index (χ4n) is 1.19. The van der Waals surface area contributed by atoms with Gasteiger partial charge in [0, 0.05) is 11.6 Å². The van der Waals surface area contributed by atoms with Crippen LogP contribution in [0.15, 0.2) is 29.8 Å². The topological polar surface area (TPSA) is 46.5 Å². The van der Waals surface area contributed by atoms with Gasteiger partial charge in [0.1, 0.15) is 18.2 Å². The van der Waals surface area contributed by atoms with Gasteiger partial charge < -0.3 is 9.84 Å². The summed E-state index contributed by atoms with van der Waals surface area (Å²) >= 11 is 5.57. The summed E-state index contributed by atoms with van der Waals surface area (Å²) < 4.78 is 18.1. The Balaban J connectivity index is 2.61. The Hall–Kier alpha value is -1.55. The average molecular weight is 259 g/mol. The van der Waals surface area contributed by atoms with E-state index in [1.54, 1.807) is 6.92 Å². The van der Waals surface area contributed by atoms with Crippen LogP contribution < -0.4 is 4.74 Å². The first-order chi connectivity index (χ1) is 8.04. The molecular formula is C12H12ClFO3. The molecule has 5 heteroatoms. The van der Waals surface area contributed by atoms with Crippen LogP contribution in [0.5, 0.6) is 5.75 Å². The maximum absolute atomic E-state index is 12.8. The number of carbonyl (C=O) groups is 1. The summed E-state index contributed by atoms with van der Waals surface area (Å²) in [7, 11) is 0. The molecule has 3 nitrogen and oxygen atoms in total. The summed E-state index contributed by atoms with van der Waals surface area (Å²) in [5.41, 5.74) is 0.276. The second kappa shape index (κ2) is 6.25. The molecule has 17 heavy (non-hydrogen) atoms. The number of rotatable bonds is 5. The highest BCUT2D eigenvalue weighted by molar-refractivity contribution is 6.30. The minimum Gasteiger partial charge on any atom is -0.489 e. The summed E-state index contributed by atoms with van der Waals surface area (Å²) in [6, 6.07) is 3.97. The second-order valence-corrected chi connectivity index (χ2v) is 3.68. The molecule has 0 bridgehead atoms. The highest BCUT2D eigenvalue weighted by atomic mass is 35.5. The van der Waals surface area contributed by atoms with E-state index in [0.717, 1.165) is 0 Å². The summed E-state index contributed by atoms with van der Waals surface area (Å²) in [5, 5.41) is 8.73. The number of hydrogen-bond donors (Lipinski definition) is 1. The highest BCUT2D eigenvalue weighted by Crippen LogP contribution is 2.21. The largest absolute Gasteiger partial charge is 0.489 e. The van der Waals surface area contributed by atoms with Crippen LogP contribution >= 0.6 is 11.6 Å². The molecule has 1 rings (SSSR count). The Labute approximate surface area is 103 Å². The van der Waals surface area contributed by atoms with Crippen molar-refractivity contribution >= 4 is 17.6 Å². The lowest BCUT2D eigenvalue weighted by Crippen LogP contribution is -2.03. The molecule has 1 aromatic carbocycles. The Morgan fingerprint density at radius 2 is 2.29 bits per heavy atom. The minimum atomic E-state index is -0.965. The number of halogens is 2.